The third kappa shape index (κ3) is 3.21. The average molecular weight is 85.1 g/mol. The van der Waals surface area contributed by atoms with Crippen LogP contribution in [0.2, 0.25) is 0 Å². The summed E-state index contributed by atoms with van der Waals surface area (Å²) >= 11 is 0. The zero-order valence-electron chi connectivity index (χ0n) is 3.65. The molecule has 0 bridgehead atoms. The van der Waals surface area contributed by atoms with Crippen molar-refractivity contribution in [1.29, 1.82) is 0 Å². The molecular weight excluding hydrogens is 76.1 g/mol. The first-order valence-corrected chi connectivity index (χ1v) is 1.79. The molecule has 0 amide bonds. The molecule has 0 heterocycles. The minimum atomic E-state index is 0.747. The van der Waals surface area contributed by atoms with E-state index in [-0.39, 0.29) is 0 Å². The van der Waals surface area contributed by atoms with Crippen molar-refractivity contribution >= 4 is 6.34 Å². The molecule has 2 nitrogen and oxygen atoms in total. The average Bonchev–Trinajstić information content (AvgIpc) is 1.61. The Labute approximate surface area is 37.4 Å². The highest BCUT2D eigenvalue weighted by Gasteiger charge is 1.61. The summed E-state index contributed by atoms with van der Waals surface area (Å²) in [6.45, 7) is 4.21. The van der Waals surface area contributed by atoms with Crippen LogP contribution < -0.4 is 10.7 Å². The predicted octanol–water partition coefficient (Wildman–Crippen LogP) is -1.76. The van der Waals surface area contributed by atoms with Gasteiger partial charge in [-0.15, -0.1) is 0 Å². The second-order valence-corrected chi connectivity index (χ2v) is 0.864. The third-order valence-electron chi connectivity index (χ3n) is 0.380. The summed E-state index contributed by atoms with van der Waals surface area (Å²) in [5, 5.41) is 0. The van der Waals surface area contributed by atoms with Gasteiger partial charge in [-0.3, -0.25) is 10.7 Å². The van der Waals surface area contributed by atoms with E-state index in [0.717, 1.165) is 6.54 Å². The molecule has 0 aliphatic heterocycles. The van der Waals surface area contributed by atoms with Crippen LogP contribution in [0.5, 0.6) is 0 Å². The maximum Gasteiger partial charge on any atom is 0.227 e. The van der Waals surface area contributed by atoms with Crippen molar-refractivity contribution in [2.24, 2.45) is 5.73 Å². The summed E-state index contributed by atoms with van der Waals surface area (Å²) in [5.74, 6) is 0. The lowest BCUT2D eigenvalue weighted by Gasteiger charge is -1.68. The first-order chi connectivity index (χ1) is 2.91. The Bertz CT molecular complexity index is 56.6. The van der Waals surface area contributed by atoms with Crippen LogP contribution in [-0.4, -0.2) is 12.9 Å². The van der Waals surface area contributed by atoms with Crippen LogP contribution in [0, 0.1) is 0 Å². The summed E-state index contributed by atoms with van der Waals surface area (Å²) in [5.41, 5.74) is 4.93. The zero-order chi connectivity index (χ0) is 4.83. The first-order valence-electron chi connectivity index (χ1n) is 1.79. The minimum absolute atomic E-state index is 0.747. The topological polar surface area (TPSA) is 40.0 Å². The SMILES string of the molecule is C=CC[NH+]=CN. The molecule has 6 heavy (non-hydrogen) atoms. The van der Waals surface area contributed by atoms with Gasteiger partial charge in [-0.2, -0.15) is 0 Å². The van der Waals surface area contributed by atoms with E-state index in [1.165, 1.54) is 6.34 Å². The number of nitrogens with two attached hydrogens (primary N) is 1. The Balaban J connectivity index is 2.85. The number of hydrogen-bond donors (Lipinski definition) is 2. The molecule has 0 aromatic rings. The van der Waals surface area contributed by atoms with E-state index in [0.29, 0.717) is 0 Å². The van der Waals surface area contributed by atoms with Gasteiger partial charge in [-0.1, -0.05) is 12.7 Å². The number of nitrogens with one attached hydrogen (secondary N) is 1. The minimum Gasteiger partial charge on any atom is -0.294 e. The smallest absolute Gasteiger partial charge is 0.227 e. The van der Waals surface area contributed by atoms with E-state index in [4.69, 9.17) is 5.73 Å². The van der Waals surface area contributed by atoms with E-state index in [1.54, 1.807) is 6.08 Å². The van der Waals surface area contributed by atoms with Crippen LogP contribution in [0.1, 0.15) is 0 Å². The van der Waals surface area contributed by atoms with Crippen molar-refractivity contribution in [2.75, 3.05) is 6.54 Å². The van der Waals surface area contributed by atoms with Gasteiger partial charge in [-0.25, -0.2) is 0 Å². The van der Waals surface area contributed by atoms with Gasteiger partial charge in [0.05, 0.1) is 0 Å². The number of hydrogen-bond acceptors (Lipinski definition) is 0. The largest absolute Gasteiger partial charge is 0.294 e. The van der Waals surface area contributed by atoms with Gasteiger partial charge in [0.2, 0.25) is 6.34 Å². The first kappa shape index (κ1) is 5.21. The van der Waals surface area contributed by atoms with Crippen LogP contribution in [-0.2, 0) is 0 Å². The lowest BCUT2D eigenvalue weighted by molar-refractivity contribution is -0.439. The van der Waals surface area contributed by atoms with E-state index in [1.807, 2.05) is 0 Å². The molecule has 3 N–H and O–H groups in total. The molecule has 0 atom stereocenters. The van der Waals surface area contributed by atoms with Gasteiger partial charge in [0, 0.05) is 0 Å². The molecule has 0 rings (SSSR count). The maximum absolute atomic E-state index is 4.93. The second-order valence-electron chi connectivity index (χ2n) is 0.864. The predicted molar refractivity (Wildman–Crippen MR) is 26.3 cm³/mol. The maximum atomic E-state index is 4.93. The Morgan fingerprint density at radius 3 is 2.67 bits per heavy atom. The van der Waals surface area contributed by atoms with Crippen LogP contribution >= 0.6 is 0 Å². The van der Waals surface area contributed by atoms with Crippen LogP contribution in [0.15, 0.2) is 12.7 Å². The molecule has 0 spiro atoms. The van der Waals surface area contributed by atoms with Gasteiger partial charge in [0.15, 0.2) is 0 Å². The Morgan fingerprint density at radius 1 is 1.83 bits per heavy atom. The Hall–Kier alpha value is -0.790. The fourth-order valence-electron chi connectivity index (χ4n) is 0.151. The molecule has 34 valence electrons. The third-order valence-corrected chi connectivity index (χ3v) is 0.380. The molecule has 0 saturated carbocycles. The second kappa shape index (κ2) is 4.21. The molecule has 0 aromatic heterocycles. The van der Waals surface area contributed by atoms with Crippen molar-refractivity contribution in [3.63, 3.8) is 0 Å². The highest BCUT2D eigenvalue weighted by molar-refractivity contribution is 5.42. The molecule has 0 radical (unpaired) electrons. The van der Waals surface area contributed by atoms with Crippen molar-refractivity contribution < 1.29 is 4.99 Å². The van der Waals surface area contributed by atoms with Gasteiger partial charge in [0.1, 0.15) is 6.54 Å². The van der Waals surface area contributed by atoms with Crippen molar-refractivity contribution in [3.8, 4) is 0 Å². The van der Waals surface area contributed by atoms with Crippen LogP contribution in [0.25, 0.3) is 0 Å². The van der Waals surface area contributed by atoms with E-state index in [2.05, 4.69) is 11.6 Å². The van der Waals surface area contributed by atoms with Gasteiger partial charge in [0.25, 0.3) is 0 Å². The molecule has 0 saturated heterocycles. The fraction of sp³-hybridized carbons (Fsp3) is 0.250. The summed E-state index contributed by atoms with van der Waals surface area (Å²) in [4.78, 5) is 2.73. The molecule has 2 heteroatoms. The van der Waals surface area contributed by atoms with Crippen molar-refractivity contribution in [1.82, 2.24) is 0 Å². The fourth-order valence-corrected chi connectivity index (χ4v) is 0.151. The van der Waals surface area contributed by atoms with Crippen LogP contribution in [0.3, 0.4) is 0 Å². The summed E-state index contributed by atoms with van der Waals surface area (Å²) in [7, 11) is 0. The molecule has 0 fully saturated rings. The van der Waals surface area contributed by atoms with E-state index < -0.39 is 0 Å². The molecule has 0 unspecified atom stereocenters. The molecule has 0 aliphatic carbocycles. The van der Waals surface area contributed by atoms with E-state index in [9.17, 15) is 0 Å². The highest BCUT2D eigenvalue weighted by atomic mass is 14.8. The van der Waals surface area contributed by atoms with Gasteiger partial charge < -0.3 is 0 Å². The molecular formula is C4H9N2+. The van der Waals surface area contributed by atoms with Gasteiger partial charge in [-0.05, 0) is 0 Å². The van der Waals surface area contributed by atoms with Gasteiger partial charge >= 0.3 is 0 Å². The zero-order valence-corrected chi connectivity index (χ0v) is 3.65. The lowest BCUT2D eigenvalue weighted by Crippen LogP contribution is -2.70. The van der Waals surface area contributed by atoms with Crippen LogP contribution in [0.4, 0.5) is 0 Å². The highest BCUT2D eigenvalue weighted by Crippen LogP contribution is 1.38. The Morgan fingerprint density at radius 2 is 2.50 bits per heavy atom. The monoisotopic (exact) mass is 85.1 g/mol. The summed E-state index contributed by atoms with van der Waals surface area (Å²) in [6, 6.07) is 0. The quantitative estimate of drug-likeness (QED) is 0.233. The summed E-state index contributed by atoms with van der Waals surface area (Å²) < 4.78 is 0. The summed E-state index contributed by atoms with van der Waals surface area (Å²) in [6.07, 6.45) is 3.13. The van der Waals surface area contributed by atoms with Crippen molar-refractivity contribution in [2.45, 2.75) is 0 Å². The Kier molecular flexibility index (Phi) is 3.66. The normalized spacial score (nSPS) is 9.33. The molecule has 0 aliphatic rings. The van der Waals surface area contributed by atoms with Crippen molar-refractivity contribution in [3.05, 3.63) is 12.7 Å². The number of rotatable bonds is 2. The standard InChI is InChI=1S/C4H8N2/c1-2-3-6-4-5/h2,4H,1,3H2,(H2,5,6)/p+1. The van der Waals surface area contributed by atoms with E-state index >= 15 is 0 Å². The lowest BCUT2D eigenvalue weighted by atomic mass is 10.7. The molecule has 0 aromatic carbocycles.